The molecule has 0 saturated carbocycles. The zero-order chi connectivity index (χ0) is 12.1. The van der Waals surface area contributed by atoms with Crippen LogP contribution < -0.4 is 10.6 Å². The second-order valence-corrected chi connectivity index (χ2v) is 4.02. The Labute approximate surface area is 102 Å². The Morgan fingerprint density at radius 2 is 2.06 bits per heavy atom. The summed E-state index contributed by atoms with van der Waals surface area (Å²) < 4.78 is 0. The molecule has 0 aliphatic heterocycles. The minimum atomic E-state index is 0.828. The van der Waals surface area contributed by atoms with Crippen LogP contribution in [0.5, 0.6) is 0 Å². The number of hydrogen-bond donors (Lipinski definition) is 2. The van der Waals surface area contributed by atoms with Gasteiger partial charge in [0.05, 0.1) is 0 Å². The summed E-state index contributed by atoms with van der Waals surface area (Å²) in [4.78, 5) is 4.18. The molecule has 0 radical (unpaired) electrons. The Balaban J connectivity index is 2.02. The van der Waals surface area contributed by atoms with Crippen LogP contribution in [0.1, 0.15) is 11.1 Å². The smallest absolute Gasteiger partial charge is 0.127 e. The molecule has 0 fully saturated rings. The minimum absolute atomic E-state index is 0.828. The fourth-order valence-electron chi connectivity index (χ4n) is 1.70. The molecule has 17 heavy (non-hydrogen) atoms. The molecule has 1 heterocycles. The highest BCUT2D eigenvalue weighted by atomic mass is 15.0. The molecule has 0 amide bonds. The lowest BCUT2D eigenvalue weighted by Crippen LogP contribution is -2.01. The second-order valence-electron chi connectivity index (χ2n) is 4.02. The average Bonchev–Trinajstić information content (AvgIpc) is 2.37. The summed E-state index contributed by atoms with van der Waals surface area (Å²) >= 11 is 0. The number of aryl methyl sites for hydroxylation is 1. The molecule has 0 aliphatic rings. The van der Waals surface area contributed by atoms with E-state index in [4.69, 9.17) is 0 Å². The summed E-state index contributed by atoms with van der Waals surface area (Å²) in [7, 11) is 1.87. The molecule has 3 nitrogen and oxygen atoms in total. The van der Waals surface area contributed by atoms with Crippen molar-refractivity contribution in [3.05, 3.63) is 53.7 Å². The molecule has 1 aromatic heterocycles. The standard InChI is InChI=1S/C14H17N3/c1-11-4-3-5-12(8-11)10-17-13-6-7-16-14(9-13)15-2/h3-9H,10H2,1-2H3,(H2,15,16,17). The Morgan fingerprint density at radius 1 is 1.18 bits per heavy atom. The van der Waals surface area contributed by atoms with E-state index in [0.717, 1.165) is 18.1 Å². The quantitative estimate of drug-likeness (QED) is 0.843. The van der Waals surface area contributed by atoms with Gasteiger partial charge in [-0.15, -0.1) is 0 Å². The van der Waals surface area contributed by atoms with Gasteiger partial charge in [-0.25, -0.2) is 4.98 Å². The lowest BCUT2D eigenvalue weighted by Gasteiger charge is -2.08. The minimum Gasteiger partial charge on any atom is -0.381 e. The fraction of sp³-hybridized carbons (Fsp3) is 0.214. The van der Waals surface area contributed by atoms with Gasteiger partial charge < -0.3 is 10.6 Å². The van der Waals surface area contributed by atoms with Crippen LogP contribution in [-0.2, 0) is 6.54 Å². The molecule has 0 spiro atoms. The second kappa shape index (κ2) is 5.34. The molecule has 2 N–H and O–H groups in total. The topological polar surface area (TPSA) is 37.0 Å². The van der Waals surface area contributed by atoms with Crippen molar-refractivity contribution < 1.29 is 0 Å². The zero-order valence-electron chi connectivity index (χ0n) is 10.2. The highest BCUT2D eigenvalue weighted by Gasteiger charge is 1.96. The van der Waals surface area contributed by atoms with Crippen LogP contribution in [0.2, 0.25) is 0 Å². The van der Waals surface area contributed by atoms with Crippen molar-refractivity contribution in [2.24, 2.45) is 0 Å². The summed E-state index contributed by atoms with van der Waals surface area (Å²) in [5.74, 6) is 0.874. The number of rotatable bonds is 4. The zero-order valence-corrected chi connectivity index (χ0v) is 10.2. The summed E-state index contributed by atoms with van der Waals surface area (Å²) in [5.41, 5.74) is 3.65. The van der Waals surface area contributed by atoms with Crippen LogP contribution >= 0.6 is 0 Å². The maximum atomic E-state index is 4.18. The molecule has 0 saturated heterocycles. The lowest BCUT2D eigenvalue weighted by atomic mass is 10.1. The van der Waals surface area contributed by atoms with E-state index in [1.54, 1.807) is 6.20 Å². The third-order valence-electron chi connectivity index (χ3n) is 2.60. The van der Waals surface area contributed by atoms with Crippen LogP contribution in [0.25, 0.3) is 0 Å². The first-order valence-corrected chi connectivity index (χ1v) is 5.71. The van der Waals surface area contributed by atoms with Gasteiger partial charge in [-0.3, -0.25) is 0 Å². The van der Waals surface area contributed by atoms with Gasteiger partial charge >= 0.3 is 0 Å². The predicted molar refractivity (Wildman–Crippen MR) is 72.3 cm³/mol. The van der Waals surface area contributed by atoms with Gasteiger partial charge in [0.2, 0.25) is 0 Å². The van der Waals surface area contributed by atoms with E-state index in [9.17, 15) is 0 Å². The van der Waals surface area contributed by atoms with Gasteiger partial charge in [0, 0.05) is 31.5 Å². The molecule has 0 unspecified atom stereocenters. The molecular weight excluding hydrogens is 210 g/mol. The molecule has 0 bridgehead atoms. The van der Waals surface area contributed by atoms with E-state index < -0.39 is 0 Å². The highest BCUT2D eigenvalue weighted by Crippen LogP contribution is 2.13. The molecule has 3 heteroatoms. The van der Waals surface area contributed by atoms with Crippen molar-refractivity contribution in [1.29, 1.82) is 0 Å². The highest BCUT2D eigenvalue weighted by molar-refractivity contribution is 5.51. The number of anilines is 2. The summed E-state index contributed by atoms with van der Waals surface area (Å²) in [5, 5.41) is 6.41. The van der Waals surface area contributed by atoms with E-state index in [1.807, 2.05) is 19.2 Å². The number of nitrogens with one attached hydrogen (secondary N) is 2. The molecule has 88 valence electrons. The lowest BCUT2D eigenvalue weighted by molar-refractivity contribution is 1.13. The van der Waals surface area contributed by atoms with Gasteiger partial charge in [0.15, 0.2) is 0 Å². The third kappa shape index (κ3) is 3.21. The number of aromatic nitrogens is 1. The summed E-state index contributed by atoms with van der Waals surface area (Å²) in [6.07, 6.45) is 1.80. The molecular formula is C14H17N3. The first-order valence-electron chi connectivity index (χ1n) is 5.71. The maximum Gasteiger partial charge on any atom is 0.127 e. The van der Waals surface area contributed by atoms with Crippen LogP contribution in [0.4, 0.5) is 11.5 Å². The van der Waals surface area contributed by atoms with Crippen molar-refractivity contribution in [1.82, 2.24) is 4.98 Å². The molecule has 2 rings (SSSR count). The number of hydrogen-bond acceptors (Lipinski definition) is 3. The number of nitrogens with zero attached hydrogens (tertiary/aromatic N) is 1. The van der Waals surface area contributed by atoms with E-state index in [1.165, 1.54) is 11.1 Å². The number of pyridine rings is 1. The van der Waals surface area contributed by atoms with Crippen LogP contribution in [0.3, 0.4) is 0 Å². The summed E-state index contributed by atoms with van der Waals surface area (Å²) in [6, 6.07) is 12.5. The van der Waals surface area contributed by atoms with Crippen LogP contribution in [-0.4, -0.2) is 12.0 Å². The first kappa shape index (κ1) is 11.5. The van der Waals surface area contributed by atoms with Crippen LogP contribution in [0, 0.1) is 6.92 Å². The number of benzene rings is 1. The van der Waals surface area contributed by atoms with Gasteiger partial charge in [0.25, 0.3) is 0 Å². The Bertz CT molecular complexity index is 494. The van der Waals surface area contributed by atoms with Gasteiger partial charge in [0.1, 0.15) is 5.82 Å². The van der Waals surface area contributed by atoms with E-state index in [0.29, 0.717) is 0 Å². The van der Waals surface area contributed by atoms with Crippen molar-refractivity contribution in [2.45, 2.75) is 13.5 Å². The Morgan fingerprint density at radius 3 is 2.82 bits per heavy atom. The van der Waals surface area contributed by atoms with Gasteiger partial charge in [-0.2, -0.15) is 0 Å². The average molecular weight is 227 g/mol. The Kier molecular flexibility index (Phi) is 3.60. The normalized spacial score (nSPS) is 10.0. The Hall–Kier alpha value is -2.03. The van der Waals surface area contributed by atoms with Gasteiger partial charge in [-0.05, 0) is 18.6 Å². The van der Waals surface area contributed by atoms with Gasteiger partial charge in [-0.1, -0.05) is 29.8 Å². The predicted octanol–water partition coefficient (Wildman–Crippen LogP) is 3.04. The van der Waals surface area contributed by atoms with Crippen LogP contribution in [0.15, 0.2) is 42.6 Å². The molecule has 0 aliphatic carbocycles. The van der Waals surface area contributed by atoms with Crippen molar-refractivity contribution in [3.8, 4) is 0 Å². The van der Waals surface area contributed by atoms with Crippen molar-refractivity contribution >= 4 is 11.5 Å². The summed E-state index contributed by atoms with van der Waals surface area (Å²) in [6.45, 7) is 2.93. The van der Waals surface area contributed by atoms with Crippen molar-refractivity contribution in [2.75, 3.05) is 17.7 Å². The van der Waals surface area contributed by atoms with E-state index in [-0.39, 0.29) is 0 Å². The van der Waals surface area contributed by atoms with Crippen molar-refractivity contribution in [3.63, 3.8) is 0 Å². The fourth-order valence-corrected chi connectivity index (χ4v) is 1.70. The third-order valence-corrected chi connectivity index (χ3v) is 2.60. The molecule has 0 atom stereocenters. The molecule has 1 aromatic carbocycles. The SMILES string of the molecule is CNc1cc(NCc2cccc(C)c2)ccn1. The van der Waals surface area contributed by atoms with E-state index in [2.05, 4.69) is 46.8 Å². The monoisotopic (exact) mass is 227 g/mol. The largest absolute Gasteiger partial charge is 0.381 e. The first-order chi connectivity index (χ1) is 8.28. The molecule has 2 aromatic rings. The van der Waals surface area contributed by atoms with E-state index >= 15 is 0 Å². The maximum absolute atomic E-state index is 4.18.